The molecular weight excluding hydrogens is 293 g/mol. The highest BCUT2D eigenvalue weighted by molar-refractivity contribution is 7.85. The first kappa shape index (κ1) is 12.6. The number of alkyl halides is 1. The quantitative estimate of drug-likeness (QED) is 0.768. The zero-order valence-corrected chi connectivity index (χ0v) is 12.2. The number of rotatable bonds is 1. The molecule has 0 saturated heterocycles. The van der Waals surface area contributed by atoms with E-state index in [4.69, 9.17) is 10.3 Å². The minimum absolute atomic E-state index is 0.0666. The fourth-order valence-electron chi connectivity index (χ4n) is 6.19. The normalized spacial score (nSPS) is 55.4. The highest BCUT2D eigenvalue weighted by atomic mass is 32.2. The largest absolute Gasteiger partial charge is 0.324 e. The minimum atomic E-state index is -4.02. The standard InChI is InChI=1S/C8H8FN.C7H8O3S/c9-7-1-4-2(7)6-3(7)5(1)8(4,6)10;1-6-2-4-7(5-3-6)11(8,9)10/h1-6H,10H2;2-5H,1H3,(H,8,9,10). The summed E-state index contributed by atoms with van der Waals surface area (Å²) >= 11 is 0. The van der Waals surface area contributed by atoms with E-state index in [2.05, 4.69) is 0 Å². The molecule has 112 valence electrons. The fourth-order valence-corrected chi connectivity index (χ4v) is 6.67. The summed E-state index contributed by atoms with van der Waals surface area (Å²) in [5, 5.41) is 0. The Labute approximate surface area is 122 Å². The van der Waals surface area contributed by atoms with Gasteiger partial charge in [-0.25, -0.2) is 4.39 Å². The molecule has 6 heteroatoms. The van der Waals surface area contributed by atoms with Crippen LogP contribution in [0.25, 0.3) is 0 Å². The molecule has 0 unspecified atom stereocenters. The Morgan fingerprint density at radius 3 is 1.81 bits per heavy atom. The summed E-state index contributed by atoms with van der Waals surface area (Å²) < 4.78 is 43.1. The molecule has 4 nitrogen and oxygen atoms in total. The first-order chi connectivity index (χ1) is 9.73. The maximum atomic E-state index is 13.5. The third-order valence-corrected chi connectivity index (χ3v) is 7.77. The fraction of sp³-hybridized carbons (Fsp3) is 0.600. The van der Waals surface area contributed by atoms with Crippen molar-refractivity contribution in [1.29, 1.82) is 0 Å². The topological polar surface area (TPSA) is 80.4 Å². The molecule has 0 bridgehead atoms. The monoisotopic (exact) mass is 309 g/mol. The van der Waals surface area contributed by atoms with Crippen LogP contribution in [0.4, 0.5) is 4.39 Å². The van der Waals surface area contributed by atoms with Crippen LogP contribution in [0.1, 0.15) is 5.56 Å². The van der Waals surface area contributed by atoms with Gasteiger partial charge in [0.05, 0.1) is 4.90 Å². The van der Waals surface area contributed by atoms with Crippen LogP contribution in [0.2, 0.25) is 0 Å². The lowest BCUT2D eigenvalue weighted by Crippen LogP contribution is -3.16. The van der Waals surface area contributed by atoms with Crippen LogP contribution in [0.5, 0.6) is 0 Å². The van der Waals surface area contributed by atoms with Crippen molar-refractivity contribution in [2.75, 3.05) is 0 Å². The molecule has 0 aliphatic heterocycles. The SMILES string of the molecule is Cc1ccc(S(=O)(=O)O)cc1.NC12C3C4C1C1C2C3C41F. The summed E-state index contributed by atoms with van der Waals surface area (Å²) in [6, 6.07) is 5.99. The van der Waals surface area contributed by atoms with E-state index in [-0.39, 0.29) is 10.4 Å². The first-order valence-corrected chi connectivity index (χ1v) is 8.69. The number of halogens is 1. The maximum Gasteiger partial charge on any atom is 0.294 e. The van der Waals surface area contributed by atoms with Crippen molar-refractivity contribution in [3.05, 3.63) is 29.8 Å². The predicted molar refractivity (Wildman–Crippen MR) is 72.7 cm³/mol. The van der Waals surface area contributed by atoms with Gasteiger partial charge in [-0.05, 0) is 36.8 Å². The second-order valence-electron chi connectivity index (χ2n) is 7.27. The smallest absolute Gasteiger partial charge is 0.294 e. The second-order valence-corrected chi connectivity index (χ2v) is 8.69. The molecule has 0 spiro atoms. The molecule has 7 rings (SSSR count). The van der Waals surface area contributed by atoms with Gasteiger partial charge in [0.25, 0.3) is 10.1 Å². The zero-order valence-electron chi connectivity index (χ0n) is 11.4. The van der Waals surface area contributed by atoms with E-state index in [1.165, 1.54) is 12.1 Å². The van der Waals surface area contributed by atoms with Crippen molar-refractivity contribution in [3.8, 4) is 0 Å². The zero-order chi connectivity index (χ0) is 14.9. The molecule has 6 aliphatic rings. The Kier molecular flexibility index (Phi) is 1.82. The summed E-state index contributed by atoms with van der Waals surface area (Å²) in [5.74, 6) is 3.32. The molecule has 6 aliphatic carbocycles. The molecule has 0 atom stereocenters. The maximum absolute atomic E-state index is 13.5. The summed E-state index contributed by atoms with van der Waals surface area (Å²) in [6.07, 6.45) is 0. The van der Waals surface area contributed by atoms with E-state index in [9.17, 15) is 12.8 Å². The summed E-state index contributed by atoms with van der Waals surface area (Å²) in [7, 11) is -4.02. The van der Waals surface area contributed by atoms with Gasteiger partial charge in [0.1, 0.15) is 5.67 Å². The van der Waals surface area contributed by atoms with Crippen LogP contribution in [-0.4, -0.2) is 24.2 Å². The predicted octanol–water partition coefficient (Wildman–Crippen LogP) is 1.40. The van der Waals surface area contributed by atoms with Gasteiger partial charge in [0.2, 0.25) is 0 Å². The molecular formula is C15H16FNO3S. The van der Waals surface area contributed by atoms with E-state index in [1.807, 2.05) is 6.92 Å². The Hall–Kier alpha value is -0.980. The Bertz CT molecular complexity index is 689. The molecule has 0 heterocycles. The van der Waals surface area contributed by atoms with Gasteiger partial charge in [-0.15, -0.1) is 0 Å². The van der Waals surface area contributed by atoms with Gasteiger partial charge < -0.3 is 5.73 Å². The molecule has 6 fully saturated rings. The second kappa shape index (κ2) is 3.05. The van der Waals surface area contributed by atoms with Crippen molar-refractivity contribution in [2.45, 2.75) is 23.0 Å². The number of hydrogen-bond acceptors (Lipinski definition) is 3. The van der Waals surface area contributed by atoms with E-state index in [0.29, 0.717) is 35.5 Å². The number of benzene rings is 1. The van der Waals surface area contributed by atoms with Crippen molar-refractivity contribution >= 4 is 10.1 Å². The number of nitrogens with two attached hydrogens (primary N) is 1. The van der Waals surface area contributed by atoms with Crippen LogP contribution in [-0.2, 0) is 10.1 Å². The molecule has 21 heavy (non-hydrogen) atoms. The van der Waals surface area contributed by atoms with E-state index in [1.54, 1.807) is 12.1 Å². The third-order valence-electron chi connectivity index (χ3n) is 6.90. The summed E-state index contributed by atoms with van der Waals surface area (Å²) in [6.45, 7) is 1.84. The Balaban J connectivity index is 0.0000000989. The number of aryl methyl sites for hydroxylation is 1. The van der Waals surface area contributed by atoms with Gasteiger partial charge >= 0.3 is 0 Å². The van der Waals surface area contributed by atoms with Crippen LogP contribution in [0, 0.1) is 42.4 Å². The molecule has 0 aromatic heterocycles. The van der Waals surface area contributed by atoms with Crippen molar-refractivity contribution in [1.82, 2.24) is 0 Å². The van der Waals surface area contributed by atoms with Gasteiger partial charge in [0.15, 0.2) is 0 Å². The van der Waals surface area contributed by atoms with Gasteiger partial charge in [-0.3, -0.25) is 4.55 Å². The van der Waals surface area contributed by atoms with Crippen molar-refractivity contribution in [2.24, 2.45) is 41.2 Å². The molecule has 3 N–H and O–H groups in total. The van der Waals surface area contributed by atoms with Crippen molar-refractivity contribution < 1.29 is 17.4 Å². The van der Waals surface area contributed by atoms with Gasteiger partial charge in [-0.1, -0.05) is 17.7 Å². The number of hydrogen-bond donors (Lipinski definition) is 2. The lowest BCUT2D eigenvalue weighted by molar-refractivity contribution is -0.610. The summed E-state index contributed by atoms with van der Waals surface area (Å²) in [5.41, 5.74) is 6.60. The lowest BCUT2D eigenvalue weighted by Gasteiger charge is -3.08. The van der Waals surface area contributed by atoms with Crippen LogP contribution in [0.15, 0.2) is 29.2 Å². The van der Waals surface area contributed by atoms with E-state index in [0.717, 1.165) is 5.56 Å². The Morgan fingerprint density at radius 1 is 1.05 bits per heavy atom. The molecule has 6 saturated carbocycles. The highest BCUT2D eigenvalue weighted by Crippen LogP contribution is 3.03. The van der Waals surface area contributed by atoms with Crippen LogP contribution in [0.3, 0.4) is 0 Å². The minimum Gasteiger partial charge on any atom is -0.324 e. The van der Waals surface area contributed by atoms with Gasteiger partial charge in [-0.2, -0.15) is 8.42 Å². The molecule has 0 radical (unpaired) electrons. The lowest BCUT2D eigenvalue weighted by atomic mass is 8.97. The summed E-state index contributed by atoms with van der Waals surface area (Å²) in [4.78, 5) is -0.0666. The molecule has 0 amide bonds. The van der Waals surface area contributed by atoms with E-state index < -0.39 is 15.8 Å². The average molecular weight is 309 g/mol. The molecule has 1 aromatic rings. The Morgan fingerprint density at radius 2 is 1.48 bits per heavy atom. The van der Waals surface area contributed by atoms with Gasteiger partial charge in [0, 0.05) is 23.3 Å². The third kappa shape index (κ3) is 0.979. The first-order valence-electron chi connectivity index (χ1n) is 7.25. The van der Waals surface area contributed by atoms with Crippen molar-refractivity contribution in [3.63, 3.8) is 0 Å². The average Bonchev–Trinajstić information content (AvgIpc) is 2.44. The van der Waals surface area contributed by atoms with E-state index >= 15 is 0 Å². The highest BCUT2D eigenvalue weighted by Gasteiger charge is 3.10. The van der Waals surface area contributed by atoms with Crippen LogP contribution < -0.4 is 5.73 Å². The van der Waals surface area contributed by atoms with Crippen LogP contribution >= 0.6 is 0 Å². The molecule has 1 aromatic carbocycles.